The molecule has 10 heavy (non-hydrogen) atoms. The molecule has 0 aliphatic carbocycles. The highest BCUT2D eigenvalue weighted by atomic mass is 16.3. The Morgan fingerprint density at radius 2 is 2.10 bits per heavy atom. The van der Waals surface area contributed by atoms with Gasteiger partial charge in [-0.05, 0) is 12.1 Å². The van der Waals surface area contributed by atoms with E-state index >= 15 is 0 Å². The molecule has 0 aliphatic heterocycles. The monoisotopic (exact) mass is 132 g/mol. The van der Waals surface area contributed by atoms with Gasteiger partial charge in [-0.25, -0.2) is 0 Å². The van der Waals surface area contributed by atoms with Crippen molar-refractivity contribution in [2.45, 2.75) is 5.92 Å². The summed E-state index contributed by atoms with van der Waals surface area (Å²) in [5.41, 5.74) is 0. The molecule has 0 radical (unpaired) electrons. The fraction of sp³-hybridized carbons (Fsp3) is 0.143. The molecule has 0 spiro atoms. The maximum atomic E-state index is 8.37. The zero-order valence-corrected chi connectivity index (χ0v) is 5.11. The van der Waals surface area contributed by atoms with Crippen LogP contribution in [0.25, 0.3) is 0 Å². The highest BCUT2D eigenvalue weighted by molar-refractivity contribution is 5.22. The lowest BCUT2D eigenvalue weighted by Crippen LogP contribution is -1.86. The van der Waals surface area contributed by atoms with E-state index in [1.165, 1.54) is 6.26 Å². The van der Waals surface area contributed by atoms with Crippen LogP contribution in [0.5, 0.6) is 0 Å². The van der Waals surface area contributed by atoms with Gasteiger partial charge in [-0.2, -0.15) is 10.5 Å². The van der Waals surface area contributed by atoms with Crippen LogP contribution in [0, 0.1) is 22.7 Å². The largest absolute Gasteiger partial charge is 0.467 e. The van der Waals surface area contributed by atoms with Gasteiger partial charge in [0.25, 0.3) is 0 Å². The SMILES string of the molecule is N#CC(C#N)c1ccco1. The van der Waals surface area contributed by atoms with E-state index in [0.29, 0.717) is 5.76 Å². The van der Waals surface area contributed by atoms with Crippen LogP contribution in [0.15, 0.2) is 22.8 Å². The van der Waals surface area contributed by atoms with Gasteiger partial charge in [0.1, 0.15) is 5.76 Å². The van der Waals surface area contributed by atoms with E-state index in [2.05, 4.69) is 0 Å². The number of hydrogen-bond donors (Lipinski definition) is 0. The average molecular weight is 132 g/mol. The van der Waals surface area contributed by atoms with E-state index in [9.17, 15) is 0 Å². The normalized spacial score (nSPS) is 8.70. The van der Waals surface area contributed by atoms with Crippen molar-refractivity contribution in [2.24, 2.45) is 0 Å². The summed E-state index contributed by atoms with van der Waals surface area (Å²) in [5.74, 6) is -0.361. The molecule has 0 bridgehead atoms. The van der Waals surface area contributed by atoms with E-state index < -0.39 is 5.92 Å². The Labute approximate surface area is 58.1 Å². The molecule has 1 aromatic rings. The minimum atomic E-state index is -0.769. The maximum Gasteiger partial charge on any atom is 0.190 e. The molecular weight excluding hydrogens is 128 g/mol. The molecule has 0 saturated heterocycles. The first-order chi connectivity index (χ1) is 4.88. The Hall–Kier alpha value is -1.74. The van der Waals surface area contributed by atoms with E-state index in [4.69, 9.17) is 14.9 Å². The van der Waals surface area contributed by atoms with Crippen LogP contribution in [0.4, 0.5) is 0 Å². The summed E-state index contributed by atoms with van der Waals surface area (Å²) in [5, 5.41) is 16.7. The lowest BCUT2D eigenvalue weighted by atomic mass is 10.1. The molecule has 3 heteroatoms. The lowest BCUT2D eigenvalue weighted by molar-refractivity contribution is 0.513. The van der Waals surface area contributed by atoms with Crippen LogP contribution in [0.1, 0.15) is 11.7 Å². The van der Waals surface area contributed by atoms with E-state index in [0.717, 1.165) is 0 Å². The van der Waals surface area contributed by atoms with E-state index in [1.54, 1.807) is 24.3 Å². The van der Waals surface area contributed by atoms with Crippen molar-refractivity contribution >= 4 is 0 Å². The number of nitrogens with zero attached hydrogens (tertiary/aromatic N) is 2. The van der Waals surface area contributed by atoms with Crippen LogP contribution >= 0.6 is 0 Å². The van der Waals surface area contributed by atoms with Gasteiger partial charge >= 0.3 is 0 Å². The van der Waals surface area contributed by atoms with Gasteiger partial charge in [0, 0.05) is 0 Å². The van der Waals surface area contributed by atoms with E-state index in [-0.39, 0.29) is 0 Å². The van der Waals surface area contributed by atoms with Crippen molar-refractivity contribution in [3.63, 3.8) is 0 Å². The summed E-state index contributed by atoms with van der Waals surface area (Å²) >= 11 is 0. The number of rotatable bonds is 1. The minimum Gasteiger partial charge on any atom is -0.467 e. The smallest absolute Gasteiger partial charge is 0.190 e. The zero-order valence-electron chi connectivity index (χ0n) is 5.11. The van der Waals surface area contributed by atoms with Crippen molar-refractivity contribution in [3.05, 3.63) is 24.2 Å². The standard InChI is InChI=1S/C7H4N2O/c8-4-6(5-9)7-2-1-3-10-7/h1-3,6H. The molecule has 1 heterocycles. The van der Waals surface area contributed by atoms with Crippen LogP contribution < -0.4 is 0 Å². The Kier molecular flexibility index (Phi) is 1.72. The first-order valence-corrected chi connectivity index (χ1v) is 2.71. The lowest BCUT2D eigenvalue weighted by Gasteiger charge is -1.89. The van der Waals surface area contributed by atoms with E-state index in [1.807, 2.05) is 0 Å². The molecular formula is C7H4N2O. The molecule has 0 unspecified atom stereocenters. The topological polar surface area (TPSA) is 60.7 Å². The van der Waals surface area contributed by atoms with Gasteiger partial charge < -0.3 is 4.42 Å². The summed E-state index contributed by atoms with van der Waals surface area (Å²) in [6.45, 7) is 0. The summed E-state index contributed by atoms with van der Waals surface area (Å²) in [6, 6.07) is 6.86. The number of hydrogen-bond acceptors (Lipinski definition) is 3. The molecule has 0 saturated carbocycles. The second-order valence-electron chi connectivity index (χ2n) is 1.71. The Morgan fingerprint density at radius 1 is 1.40 bits per heavy atom. The van der Waals surface area contributed by atoms with Gasteiger partial charge in [0.15, 0.2) is 5.92 Å². The quantitative estimate of drug-likeness (QED) is 0.580. The summed E-state index contributed by atoms with van der Waals surface area (Å²) < 4.78 is 4.83. The molecule has 0 fully saturated rings. The second-order valence-corrected chi connectivity index (χ2v) is 1.71. The molecule has 0 aromatic carbocycles. The van der Waals surface area contributed by atoms with Crippen molar-refractivity contribution < 1.29 is 4.42 Å². The molecule has 3 nitrogen and oxygen atoms in total. The molecule has 48 valence electrons. The van der Waals surface area contributed by atoms with Crippen LogP contribution in [0.3, 0.4) is 0 Å². The maximum absolute atomic E-state index is 8.37. The van der Waals surface area contributed by atoms with Gasteiger partial charge in [-0.1, -0.05) is 0 Å². The second kappa shape index (κ2) is 2.70. The van der Waals surface area contributed by atoms with Gasteiger partial charge in [-0.15, -0.1) is 0 Å². The molecule has 1 aromatic heterocycles. The van der Waals surface area contributed by atoms with Crippen molar-refractivity contribution in [3.8, 4) is 12.1 Å². The third-order valence-corrected chi connectivity index (χ3v) is 1.09. The number of furan rings is 1. The Balaban J connectivity index is 2.89. The molecule has 0 N–H and O–H groups in total. The molecule has 0 amide bonds. The average Bonchev–Trinajstić information content (AvgIpc) is 2.43. The van der Waals surface area contributed by atoms with Crippen LogP contribution in [-0.4, -0.2) is 0 Å². The summed E-state index contributed by atoms with van der Waals surface area (Å²) in [6.07, 6.45) is 1.44. The van der Waals surface area contributed by atoms with Gasteiger partial charge in [0.05, 0.1) is 18.4 Å². The van der Waals surface area contributed by atoms with Crippen LogP contribution in [-0.2, 0) is 0 Å². The Bertz CT molecular complexity index is 262. The number of nitriles is 2. The minimum absolute atomic E-state index is 0.407. The van der Waals surface area contributed by atoms with Crippen molar-refractivity contribution in [1.82, 2.24) is 0 Å². The fourth-order valence-electron chi connectivity index (χ4n) is 0.612. The van der Waals surface area contributed by atoms with Crippen LogP contribution in [0.2, 0.25) is 0 Å². The van der Waals surface area contributed by atoms with Crippen molar-refractivity contribution in [1.29, 1.82) is 10.5 Å². The third kappa shape index (κ3) is 0.985. The third-order valence-electron chi connectivity index (χ3n) is 1.09. The van der Waals surface area contributed by atoms with Crippen molar-refractivity contribution in [2.75, 3.05) is 0 Å². The molecule has 1 rings (SSSR count). The predicted molar refractivity (Wildman–Crippen MR) is 32.7 cm³/mol. The van der Waals surface area contributed by atoms with Gasteiger partial charge in [-0.3, -0.25) is 0 Å². The Morgan fingerprint density at radius 3 is 2.50 bits per heavy atom. The molecule has 0 atom stereocenters. The first-order valence-electron chi connectivity index (χ1n) is 2.71. The zero-order chi connectivity index (χ0) is 7.40. The highest BCUT2D eigenvalue weighted by Crippen LogP contribution is 2.13. The first kappa shape index (κ1) is 6.38. The van der Waals surface area contributed by atoms with Gasteiger partial charge in [0.2, 0.25) is 0 Å². The summed E-state index contributed by atoms with van der Waals surface area (Å²) in [4.78, 5) is 0. The fourth-order valence-corrected chi connectivity index (χ4v) is 0.612. The predicted octanol–water partition coefficient (Wildman–Crippen LogP) is 1.41. The highest BCUT2D eigenvalue weighted by Gasteiger charge is 2.10. The summed E-state index contributed by atoms with van der Waals surface area (Å²) in [7, 11) is 0. The molecule has 0 aliphatic rings.